The Morgan fingerprint density at radius 2 is 2.00 bits per heavy atom. The molecule has 0 aliphatic carbocycles. The first-order valence-electron chi connectivity index (χ1n) is 7.38. The molecule has 3 nitrogen and oxygen atoms in total. The number of carbonyl (C=O) groups is 1. The zero-order valence-corrected chi connectivity index (χ0v) is 12.0. The van der Waals surface area contributed by atoms with E-state index in [1.807, 2.05) is 12.1 Å². The molecule has 3 heteroatoms. The van der Waals surface area contributed by atoms with Crippen LogP contribution < -0.4 is 10.2 Å². The molecule has 0 unspecified atom stereocenters. The van der Waals surface area contributed by atoms with Crippen molar-refractivity contribution in [2.45, 2.75) is 33.1 Å². The maximum Gasteiger partial charge on any atom is 0.163 e. The summed E-state index contributed by atoms with van der Waals surface area (Å²) in [5.74, 6) is 0.288. The standard InChI is InChI=1S/C16H24N2O/c1-3-6-16(19)14-7-5-8-15(13(14)4-2)18-11-9-17-10-12-18/h5,7-8,17H,3-4,6,9-12H2,1-2H3. The van der Waals surface area contributed by atoms with E-state index in [9.17, 15) is 4.79 Å². The number of Topliss-reactive ketones (excluding diaryl/α,β-unsaturated/α-hetero) is 1. The van der Waals surface area contributed by atoms with Gasteiger partial charge in [-0.2, -0.15) is 0 Å². The molecular formula is C16H24N2O. The van der Waals surface area contributed by atoms with Crippen LogP contribution in [0.1, 0.15) is 42.6 Å². The SMILES string of the molecule is CCCC(=O)c1cccc(N2CCNCC2)c1CC. The number of piperazine rings is 1. The van der Waals surface area contributed by atoms with Gasteiger partial charge in [0.05, 0.1) is 0 Å². The fourth-order valence-electron chi connectivity index (χ4n) is 2.77. The summed E-state index contributed by atoms with van der Waals surface area (Å²) in [5.41, 5.74) is 3.41. The predicted octanol–water partition coefficient (Wildman–Crippen LogP) is 2.64. The van der Waals surface area contributed by atoms with E-state index < -0.39 is 0 Å². The Labute approximate surface area is 116 Å². The Balaban J connectivity index is 2.32. The highest BCUT2D eigenvalue weighted by Crippen LogP contribution is 2.26. The summed E-state index contributed by atoms with van der Waals surface area (Å²) in [5, 5.41) is 3.37. The number of rotatable bonds is 5. The lowest BCUT2D eigenvalue weighted by Crippen LogP contribution is -2.44. The fourth-order valence-corrected chi connectivity index (χ4v) is 2.77. The highest BCUT2D eigenvalue weighted by molar-refractivity contribution is 5.98. The average molecular weight is 260 g/mol. The predicted molar refractivity (Wildman–Crippen MR) is 80.1 cm³/mol. The number of nitrogens with one attached hydrogen (secondary N) is 1. The summed E-state index contributed by atoms with van der Waals surface area (Å²) >= 11 is 0. The third-order valence-electron chi connectivity index (χ3n) is 3.74. The molecule has 0 radical (unpaired) electrons. The third kappa shape index (κ3) is 3.16. The minimum atomic E-state index is 0.288. The molecule has 104 valence electrons. The minimum absolute atomic E-state index is 0.288. The van der Waals surface area contributed by atoms with Crippen molar-refractivity contribution < 1.29 is 4.79 Å². The van der Waals surface area contributed by atoms with Gasteiger partial charge in [-0.05, 0) is 24.5 Å². The topological polar surface area (TPSA) is 32.3 Å². The number of anilines is 1. The number of carbonyl (C=O) groups excluding carboxylic acids is 1. The summed E-state index contributed by atoms with van der Waals surface area (Å²) in [6.45, 7) is 8.30. The molecule has 0 amide bonds. The average Bonchev–Trinajstić information content (AvgIpc) is 2.47. The van der Waals surface area contributed by atoms with Crippen molar-refractivity contribution in [3.8, 4) is 0 Å². The normalized spacial score (nSPS) is 15.6. The number of benzene rings is 1. The van der Waals surface area contributed by atoms with Crippen molar-refractivity contribution in [3.63, 3.8) is 0 Å². The molecule has 1 fully saturated rings. The van der Waals surface area contributed by atoms with Gasteiger partial charge in [0.1, 0.15) is 0 Å². The first-order chi connectivity index (χ1) is 9.27. The van der Waals surface area contributed by atoms with E-state index in [-0.39, 0.29) is 5.78 Å². The summed E-state index contributed by atoms with van der Waals surface area (Å²) < 4.78 is 0. The summed E-state index contributed by atoms with van der Waals surface area (Å²) in [6.07, 6.45) is 2.49. The van der Waals surface area contributed by atoms with Crippen LogP contribution in [0.15, 0.2) is 18.2 Å². The molecule has 1 aromatic rings. The molecule has 2 rings (SSSR count). The molecule has 19 heavy (non-hydrogen) atoms. The van der Waals surface area contributed by atoms with Gasteiger partial charge in [0.2, 0.25) is 0 Å². The molecule has 1 saturated heterocycles. The molecule has 1 aromatic carbocycles. The van der Waals surface area contributed by atoms with Crippen molar-refractivity contribution >= 4 is 11.5 Å². The van der Waals surface area contributed by atoms with Crippen LogP contribution in [0, 0.1) is 0 Å². The van der Waals surface area contributed by atoms with Crippen molar-refractivity contribution in [2.75, 3.05) is 31.1 Å². The number of hydrogen-bond donors (Lipinski definition) is 1. The van der Waals surface area contributed by atoms with E-state index >= 15 is 0 Å². The smallest absolute Gasteiger partial charge is 0.163 e. The molecule has 1 heterocycles. The van der Waals surface area contributed by atoms with Crippen LogP contribution in [0.2, 0.25) is 0 Å². The van der Waals surface area contributed by atoms with Gasteiger partial charge in [-0.3, -0.25) is 4.79 Å². The van der Waals surface area contributed by atoms with Gasteiger partial charge in [-0.1, -0.05) is 26.0 Å². The highest BCUT2D eigenvalue weighted by atomic mass is 16.1. The quantitative estimate of drug-likeness (QED) is 0.826. The van der Waals surface area contributed by atoms with Crippen LogP contribution in [0.4, 0.5) is 5.69 Å². The van der Waals surface area contributed by atoms with Crippen LogP contribution in [0.25, 0.3) is 0 Å². The van der Waals surface area contributed by atoms with Crippen molar-refractivity contribution in [2.24, 2.45) is 0 Å². The second kappa shape index (κ2) is 6.71. The fraction of sp³-hybridized carbons (Fsp3) is 0.562. The number of hydrogen-bond acceptors (Lipinski definition) is 3. The highest BCUT2D eigenvalue weighted by Gasteiger charge is 2.18. The largest absolute Gasteiger partial charge is 0.369 e. The maximum absolute atomic E-state index is 12.2. The monoisotopic (exact) mass is 260 g/mol. The van der Waals surface area contributed by atoms with Crippen molar-refractivity contribution in [1.82, 2.24) is 5.32 Å². The van der Waals surface area contributed by atoms with E-state index in [0.29, 0.717) is 6.42 Å². The molecule has 1 aliphatic rings. The Kier molecular flexibility index (Phi) is 4.97. The summed E-state index contributed by atoms with van der Waals surface area (Å²) in [4.78, 5) is 14.6. The molecule has 1 N–H and O–H groups in total. The molecule has 0 spiro atoms. The molecule has 0 atom stereocenters. The zero-order valence-electron chi connectivity index (χ0n) is 12.0. The molecule has 1 aliphatic heterocycles. The minimum Gasteiger partial charge on any atom is -0.369 e. The van der Waals surface area contributed by atoms with Gasteiger partial charge in [0.25, 0.3) is 0 Å². The van der Waals surface area contributed by atoms with E-state index in [2.05, 4.69) is 30.1 Å². The van der Waals surface area contributed by atoms with Crippen LogP contribution >= 0.6 is 0 Å². The molecule has 0 bridgehead atoms. The van der Waals surface area contributed by atoms with Gasteiger partial charge in [0.15, 0.2) is 5.78 Å². The van der Waals surface area contributed by atoms with Crippen LogP contribution in [0.5, 0.6) is 0 Å². The summed E-state index contributed by atoms with van der Waals surface area (Å²) in [7, 11) is 0. The second-order valence-electron chi connectivity index (χ2n) is 5.07. The lowest BCUT2D eigenvalue weighted by molar-refractivity contribution is 0.0981. The van der Waals surface area contributed by atoms with Crippen LogP contribution in [0.3, 0.4) is 0 Å². The van der Waals surface area contributed by atoms with Gasteiger partial charge < -0.3 is 10.2 Å². The van der Waals surface area contributed by atoms with E-state index in [1.165, 1.54) is 11.3 Å². The molecular weight excluding hydrogens is 236 g/mol. The number of nitrogens with zero attached hydrogens (tertiary/aromatic N) is 1. The lowest BCUT2D eigenvalue weighted by atomic mass is 9.96. The van der Waals surface area contributed by atoms with Crippen molar-refractivity contribution in [1.29, 1.82) is 0 Å². The second-order valence-corrected chi connectivity index (χ2v) is 5.07. The maximum atomic E-state index is 12.2. The lowest BCUT2D eigenvalue weighted by Gasteiger charge is -2.31. The van der Waals surface area contributed by atoms with E-state index in [0.717, 1.165) is 44.6 Å². The Hall–Kier alpha value is -1.35. The molecule has 0 saturated carbocycles. The number of ketones is 1. The van der Waals surface area contributed by atoms with Gasteiger partial charge >= 0.3 is 0 Å². The van der Waals surface area contributed by atoms with Crippen LogP contribution in [-0.2, 0) is 6.42 Å². The van der Waals surface area contributed by atoms with E-state index in [1.54, 1.807) is 0 Å². The molecule has 0 aromatic heterocycles. The Morgan fingerprint density at radius 3 is 2.63 bits per heavy atom. The first-order valence-corrected chi connectivity index (χ1v) is 7.38. The van der Waals surface area contributed by atoms with E-state index in [4.69, 9.17) is 0 Å². The summed E-state index contributed by atoms with van der Waals surface area (Å²) in [6, 6.07) is 6.18. The van der Waals surface area contributed by atoms with Crippen molar-refractivity contribution in [3.05, 3.63) is 29.3 Å². The van der Waals surface area contributed by atoms with Gasteiger partial charge in [0, 0.05) is 43.9 Å². The Morgan fingerprint density at radius 1 is 1.26 bits per heavy atom. The van der Waals surface area contributed by atoms with Gasteiger partial charge in [-0.25, -0.2) is 0 Å². The zero-order chi connectivity index (χ0) is 13.7. The van der Waals surface area contributed by atoms with Crippen LogP contribution in [-0.4, -0.2) is 32.0 Å². The van der Waals surface area contributed by atoms with Gasteiger partial charge in [-0.15, -0.1) is 0 Å². The third-order valence-corrected chi connectivity index (χ3v) is 3.74. The first kappa shape index (κ1) is 14.1. The Bertz CT molecular complexity index is 436.